The van der Waals surface area contributed by atoms with Crippen LogP contribution < -0.4 is 5.32 Å². The van der Waals surface area contributed by atoms with Gasteiger partial charge in [0.15, 0.2) is 0 Å². The van der Waals surface area contributed by atoms with Gasteiger partial charge in [-0.15, -0.1) is 0 Å². The highest BCUT2D eigenvalue weighted by Crippen LogP contribution is 2.08. The van der Waals surface area contributed by atoms with Crippen molar-refractivity contribution in [2.45, 2.75) is 13.0 Å². The maximum absolute atomic E-state index is 13.2. The largest absolute Gasteiger partial charge is 0.312 e. The second-order valence-electron chi connectivity index (χ2n) is 4.52. The molecule has 2 aromatic carbocycles. The Labute approximate surface area is 116 Å². The summed E-state index contributed by atoms with van der Waals surface area (Å²) < 4.78 is 26.2. The van der Waals surface area contributed by atoms with Gasteiger partial charge in [-0.05, 0) is 54.4 Å². The zero-order valence-electron chi connectivity index (χ0n) is 10.9. The predicted octanol–water partition coefficient (Wildman–Crippen LogP) is 3.17. The molecule has 20 heavy (non-hydrogen) atoms. The van der Waals surface area contributed by atoms with Crippen LogP contribution in [-0.2, 0) is 13.0 Å². The zero-order valence-corrected chi connectivity index (χ0v) is 10.9. The standard InChI is InChI=1S/C16H14F2N2/c17-15-3-1-2-12(7-15)4-5-20-11-14-6-13(10-19)8-16(18)9-14/h1-3,6-9,20H,4-5,11H2. The predicted molar refractivity (Wildman–Crippen MR) is 72.9 cm³/mol. The lowest BCUT2D eigenvalue weighted by Gasteiger charge is -2.06. The van der Waals surface area contributed by atoms with Crippen LogP contribution in [0.5, 0.6) is 0 Å². The van der Waals surface area contributed by atoms with Crippen LogP contribution in [0.4, 0.5) is 8.78 Å². The molecule has 0 fully saturated rings. The Hall–Kier alpha value is -2.25. The number of benzene rings is 2. The SMILES string of the molecule is N#Cc1cc(F)cc(CNCCc2cccc(F)c2)c1. The molecule has 0 aromatic heterocycles. The average Bonchev–Trinajstić information content (AvgIpc) is 2.43. The van der Waals surface area contributed by atoms with Gasteiger partial charge in [-0.1, -0.05) is 12.1 Å². The molecule has 0 heterocycles. The molecule has 102 valence electrons. The fourth-order valence-electron chi connectivity index (χ4n) is 1.97. The first-order chi connectivity index (χ1) is 9.67. The summed E-state index contributed by atoms with van der Waals surface area (Å²) in [7, 11) is 0. The van der Waals surface area contributed by atoms with E-state index in [0.717, 1.165) is 11.1 Å². The molecule has 0 aliphatic heterocycles. The van der Waals surface area contributed by atoms with Crippen LogP contribution >= 0.6 is 0 Å². The lowest BCUT2D eigenvalue weighted by molar-refractivity contribution is 0.616. The molecule has 0 radical (unpaired) electrons. The normalized spacial score (nSPS) is 10.2. The summed E-state index contributed by atoms with van der Waals surface area (Å²) in [6.07, 6.45) is 0.693. The van der Waals surface area contributed by atoms with E-state index in [2.05, 4.69) is 5.32 Å². The second-order valence-corrected chi connectivity index (χ2v) is 4.52. The summed E-state index contributed by atoms with van der Waals surface area (Å²) in [5.74, 6) is -0.655. The molecule has 0 saturated carbocycles. The van der Waals surface area contributed by atoms with Crippen molar-refractivity contribution < 1.29 is 8.78 Å². The van der Waals surface area contributed by atoms with E-state index >= 15 is 0 Å². The summed E-state index contributed by atoms with van der Waals surface area (Å²) in [6, 6.07) is 12.6. The lowest BCUT2D eigenvalue weighted by Crippen LogP contribution is -2.17. The Morgan fingerprint density at radius 1 is 1.00 bits per heavy atom. The van der Waals surface area contributed by atoms with Crippen LogP contribution in [0.2, 0.25) is 0 Å². The van der Waals surface area contributed by atoms with Gasteiger partial charge in [0.05, 0.1) is 11.6 Å². The molecule has 4 heteroatoms. The quantitative estimate of drug-likeness (QED) is 0.849. The van der Waals surface area contributed by atoms with Crippen LogP contribution in [0.3, 0.4) is 0 Å². The molecule has 1 N–H and O–H groups in total. The summed E-state index contributed by atoms with van der Waals surface area (Å²) in [6.45, 7) is 1.13. The smallest absolute Gasteiger partial charge is 0.124 e. The molecule has 0 spiro atoms. The minimum Gasteiger partial charge on any atom is -0.312 e. The van der Waals surface area contributed by atoms with Crippen molar-refractivity contribution in [3.05, 3.63) is 70.8 Å². The van der Waals surface area contributed by atoms with Gasteiger partial charge in [0.2, 0.25) is 0 Å². The maximum Gasteiger partial charge on any atom is 0.124 e. The van der Waals surface area contributed by atoms with E-state index in [0.29, 0.717) is 25.1 Å². The first kappa shape index (κ1) is 14.2. The highest BCUT2D eigenvalue weighted by Gasteiger charge is 2.01. The first-order valence-corrected chi connectivity index (χ1v) is 6.32. The molecular weight excluding hydrogens is 258 g/mol. The van der Waals surface area contributed by atoms with Gasteiger partial charge in [0, 0.05) is 6.54 Å². The minimum atomic E-state index is -0.411. The molecule has 0 aliphatic carbocycles. The molecule has 0 saturated heterocycles. The zero-order chi connectivity index (χ0) is 14.4. The topological polar surface area (TPSA) is 35.8 Å². The van der Waals surface area contributed by atoms with E-state index in [1.807, 2.05) is 12.1 Å². The summed E-state index contributed by atoms with van der Waals surface area (Å²) in [5, 5.41) is 11.9. The van der Waals surface area contributed by atoms with Crippen molar-refractivity contribution in [2.75, 3.05) is 6.54 Å². The molecule has 0 aliphatic rings. The van der Waals surface area contributed by atoms with Crippen molar-refractivity contribution in [3.8, 4) is 6.07 Å². The summed E-state index contributed by atoms with van der Waals surface area (Å²) in [4.78, 5) is 0. The van der Waals surface area contributed by atoms with Crippen molar-refractivity contribution in [1.82, 2.24) is 5.32 Å². The Balaban J connectivity index is 1.84. The van der Waals surface area contributed by atoms with Crippen molar-refractivity contribution in [1.29, 1.82) is 5.26 Å². The minimum absolute atomic E-state index is 0.244. The van der Waals surface area contributed by atoms with Gasteiger partial charge in [-0.2, -0.15) is 5.26 Å². The Kier molecular flexibility index (Phi) is 4.80. The van der Waals surface area contributed by atoms with E-state index in [1.165, 1.54) is 24.3 Å². The third-order valence-electron chi connectivity index (χ3n) is 2.90. The van der Waals surface area contributed by atoms with Gasteiger partial charge in [-0.3, -0.25) is 0 Å². The molecule has 0 unspecified atom stereocenters. The van der Waals surface area contributed by atoms with Gasteiger partial charge in [0.1, 0.15) is 11.6 Å². The molecule has 2 aromatic rings. The van der Waals surface area contributed by atoms with Crippen LogP contribution in [-0.4, -0.2) is 6.54 Å². The van der Waals surface area contributed by atoms with E-state index in [9.17, 15) is 8.78 Å². The Morgan fingerprint density at radius 2 is 1.80 bits per heavy atom. The average molecular weight is 272 g/mol. The lowest BCUT2D eigenvalue weighted by atomic mass is 10.1. The van der Waals surface area contributed by atoms with Crippen LogP contribution in [0, 0.1) is 23.0 Å². The summed E-state index contributed by atoms with van der Waals surface area (Å²) >= 11 is 0. The molecule has 2 rings (SSSR count). The van der Waals surface area contributed by atoms with E-state index in [1.54, 1.807) is 12.1 Å². The number of hydrogen-bond acceptors (Lipinski definition) is 2. The number of hydrogen-bond donors (Lipinski definition) is 1. The van der Waals surface area contributed by atoms with E-state index in [-0.39, 0.29) is 5.82 Å². The van der Waals surface area contributed by atoms with Crippen molar-refractivity contribution >= 4 is 0 Å². The third kappa shape index (κ3) is 4.15. The maximum atomic E-state index is 13.2. The number of rotatable bonds is 5. The first-order valence-electron chi connectivity index (χ1n) is 6.32. The van der Waals surface area contributed by atoms with Gasteiger partial charge in [0.25, 0.3) is 0 Å². The van der Waals surface area contributed by atoms with E-state index in [4.69, 9.17) is 5.26 Å². The summed E-state index contributed by atoms with van der Waals surface area (Å²) in [5.41, 5.74) is 1.95. The van der Waals surface area contributed by atoms with E-state index < -0.39 is 5.82 Å². The fourth-order valence-corrected chi connectivity index (χ4v) is 1.97. The molecular formula is C16H14F2N2. The van der Waals surface area contributed by atoms with Crippen LogP contribution in [0.1, 0.15) is 16.7 Å². The monoisotopic (exact) mass is 272 g/mol. The molecule has 2 nitrogen and oxygen atoms in total. The molecule has 0 atom stereocenters. The number of nitrogens with one attached hydrogen (secondary N) is 1. The Bertz CT molecular complexity index is 633. The van der Waals surface area contributed by atoms with Crippen LogP contribution in [0.25, 0.3) is 0 Å². The highest BCUT2D eigenvalue weighted by atomic mass is 19.1. The number of nitriles is 1. The number of nitrogens with zero attached hydrogens (tertiary/aromatic N) is 1. The third-order valence-corrected chi connectivity index (χ3v) is 2.90. The Morgan fingerprint density at radius 3 is 2.55 bits per heavy atom. The fraction of sp³-hybridized carbons (Fsp3) is 0.188. The second kappa shape index (κ2) is 6.78. The molecule has 0 amide bonds. The highest BCUT2D eigenvalue weighted by molar-refractivity contribution is 5.33. The van der Waals surface area contributed by atoms with Gasteiger partial charge >= 0.3 is 0 Å². The number of halogens is 2. The van der Waals surface area contributed by atoms with Crippen LogP contribution in [0.15, 0.2) is 42.5 Å². The van der Waals surface area contributed by atoms with Crippen molar-refractivity contribution in [3.63, 3.8) is 0 Å². The van der Waals surface area contributed by atoms with Gasteiger partial charge < -0.3 is 5.32 Å². The van der Waals surface area contributed by atoms with Crippen molar-refractivity contribution in [2.24, 2.45) is 0 Å². The molecule has 0 bridgehead atoms. The van der Waals surface area contributed by atoms with Gasteiger partial charge in [-0.25, -0.2) is 8.78 Å².